The molecule has 3 rings (SSSR count). The zero-order valence-corrected chi connectivity index (χ0v) is 13.7. The molecule has 0 spiro atoms. The maximum Gasteiger partial charge on any atom is 0.338 e. The highest BCUT2D eigenvalue weighted by Crippen LogP contribution is 2.29. The minimum Gasteiger partial charge on any atom is -0.489 e. The number of hydrogen-bond donors (Lipinski definition) is 1. The van der Waals surface area contributed by atoms with Crippen LogP contribution >= 0.6 is 0 Å². The molecule has 4 heteroatoms. The van der Waals surface area contributed by atoms with Crippen molar-refractivity contribution in [3.8, 4) is 16.9 Å². The normalized spacial score (nSPS) is 10.5. The Labute approximate surface area is 145 Å². The Morgan fingerprint density at radius 1 is 1.04 bits per heavy atom. The van der Waals surface area contributed by atoms with Gasteiger partial charge >= 0.3 is 5.97 Å². The summed E-state index contributed by atoms with van der Waals surface area (Å²) in [6.45, 7) is 2.19. The van der Waals surface area contributed by atoms with Crippen molar-refractivity contribution < 1.29 is 19.0 Å². The number of ether oxygens (including phenoxy) is 1. The molecule has 0 bridgehead atoms. The van der Waals surface area contributed by atoms with Crippen LogP contribution in [-0.4, -0.2) is 11.1 Å². The summed E-state index contributed by atoms with van der Waals surface area (Å²) in [5.41, 5.74) is 2.84. The summed E-state index contributed by atoms with van der Waals surface area (Å²) in [4.78, 5) is 11.2. The van der Waals surface area contributed by atoms with Gasteiger partial charge in [-0.3, -0.25) is 0 Å². The number of rotatable bonds is 5. The summed E-state index contributed by atoms with van der Waals surface area (Å²) in [6.07, 6.45) is 0. The molecular weight excluding hydrogens is 319 g/mol. The first-order valence-electron chi connectivity index (χ1n) is 7.85. The van der Waals surface area contributed by atoms with Gasteiger partial charge in [0.25, 0.3) is 0 Å². The smallest absolute Gasteiger partial charge is 0.338 e. The quantitative estimate of drug-likeness (QED) is 0.707. The predicted molar refractivity (Wildman–Crippen MR) is 94.3 cm³/mol. The number of hydrogen-bond acceptors (Lipinski definition) is 2. The molecule has 0 saturated heterocycles. The van der Waals surface area contributed by atoms with Gasteiger partial charge in [0.1, 0.15) is 18.2 Å². The van der Waals surface area contributed by atoms with Crippen LogP contribution in [0, 0.1) is 12.7 Å². The third-order valence-corrected chi connectivity index (χ3v) is 3.94. The molecule has 126 valence electrons. The summed E-state index contributed by atoms with van der Waals surface area (Å²) in [5, 5.41) is 9.13. The second kappa shape index (κ2) is 7.18. The molecule has 0 unspecified atom stereocenters. The summed E-state index contributed by atoms with van der Waals surface area (Å²) >= 11 is 0. The van der Waals surface area contributed by atoms with Gasteiger partial charge in [-0.2, -0.15) is 0 Å². The minimum absolute atomic E-state index is 0.337. The SMILES string of the molecule is Cc1cc(F)c(C(=O)O)cc1-c1cccc(OCc2ccccc2)c1. The lowest BCUT2D eigenvalue weighted by Gasteiger charge is -2.11. The van der Waals surface area contributed by atoms with E-state index in [9.17, 15) is 9.18 Å². The van der Waals surface area contributed by atoms with E-state index in [1.807, 2.05) is 54.6 Å². The van der Waals surface area contributed by atoms with E-state index in [4.69, 9.17) is 9.84 Å². The van der Waals surface area contributed by atoms with Crippen LogP contribution in [0.1, 0.15) is 21.5 Å². The van der Waals surface area contributed by atoms with E-state index in [-0.39, 0.29) is 5.56 Å². The van der Waals surface area contributed by atoms with Gasteiger partial charge < -0.3 is 9.84 Å². The minimum atomic E-state index is -1.28. The molecule has 0 amide bonds. The third kappa shape index (κ3) is 3.86. The number of aromatic carboxylic acids is 1. The van der Waals surface area contributed by atoms with E-state index in [2.05, 4.69) is 0 Å². The van der Waals surface area contributed by atoms with Crippen LogP contribution in [-0.2, 0) is 6.61 Å². The van der Waals surface area contributed by atoms with Crippen LogP contribution in [0.2, 0.25) is 0 Å². The molecule has 0 radical (unpaired) electrons. The summed E-state index contributed by atoms with van der Waals surface area (Å²) in [7, 11) is 0. The molecule has 0 saturated carbocycles. The van der Waals surface area contributed by atoms with Crippen molar-refractivity contribution >= 4 is 5.97 Å². The zero-order valence-electron chi connectivity index (χ0n) is 13.7. The van der Waals surface area contributed by atoms with Crippen molar-refractivity contribution in [2.75, 3.05) is 0 Å². The summed E-state index contributed by atoms with van der Waals surface area (Å²) in [5.74, 6) is -1.34. The highest BCUT2D eigenvalue weighted by Gasteiger charge is 2.14. The number of aryl methyl sites for hydroxylation is 1. The van der Waals surface area contributed by atoms with Crippen LogP contribution in [0.3, 0.4) is 0 Å². The van der Waals surface area contributed by atoms with Gasteiger partial charge in [0.05, 0.1) is 5.56 Å². The molecule has 0 aromatic heterocycles. The first-order valence-corrected chi connectivity index (χ1v) is 7.85. The Hall–Kier alpha value is -3.14. The third-order valence-electron chi connectivity index (χ3n) is 3.94. The van der Waals surface area contributed by atoms with Gasteiger partial charge in [-0.05, 0) is 53.4 Å². The summed E-state index contributed by atoms with van der Waals surface area (Å²) in [6, 6.07) is 19.8. The standard InChI is InChI=1S/C21H17FO3/c1-14-10-20(22)19(21(23)24)12-18(14)16-8-5-9-17(11-16)25-13-15-6-3-2-4-7-15/h2-12H,13H2,1H3,(H,23,24). The van der Waals surface area contributed by atoms with Crippen LogP contribution in [0.15, 0.2) is 66.7 Å². The molecule has 3 aromatic carbocycles. The zero-order chi connectivity index (χ0) is 17.8. The maximum atomic E-state index is 13.8. The van der Waals surface area contributed by atoms with Crippen molar-refractivity contribution in [1.29, 1.82) is 0 Å². The summed E-state index contributed by atoms with van der Waals surface area (Å²) < 4.78 is 19.6. The Morgan fingerprint density at radius 3 is 2.52 bits per heavy atom. The molecule has 0 aliphatic heterocycles. The van der Waals surface area contributed by atoms with Crippen molar-refractivity contribution in [2.45, 2.75) is 13.5 Å². The molecule has 0 heterocycles. The average molecular weight is 336 g/mol. The fourth-order valence-electron chi connectivity index (χ4n) is 2.64. The van der Waals surface area contributed by atoms with E-state index in [0.29, 0.717) is 23.5 Å². The highest BCUT2D eigenvalue weighted by atomic mass is 19.1. The molecule has 0 atom stereocenters. The van der Waals surface area contributed by atoms with E-state index in [0.717, 1.165) is 11.1 Å². The van der Waals surface area contributed by atoms with Crippen molar-refractivity contribution in [3.63, 3.8) is 0 Å². The lowest BCUT2D eigenvalue weighted by atomic mass is 9.97. The average Bonchev–Trinajstić information content (AvgIpc) is 2.61. The maximum absolute atomic E-state index is 13.8. The van der Waals surface area contributed by atoms with Gasteiger partial charge in [-0.1, -0.05) is 42.5 Å². The number of carboxylic acid groups (broad SMARTS) is 1. The van der Waals surface area contributed by atoms with Crippen molar-refractivity contribution in [3.05, 3.63) is 89.2 Å². The van der Waals surface area contributed by atoms with Gasteiger partial charge in [0.15, 0.2) is 0 Å². The molecule has 3 nitrogen and oxygen atoms in total. The fourth-order valence-corrected chi connectivity index (χ4v) is 2.64. The lowest BCUT2D eigenvalue weighted by Crippen LogP contribution is -2.02. The Kier molecular flexibility index (Phi) is 4.80. The van der Waals surface area contributed by atoms with E-state index < -0.39 is 11.8 Å². The number of carbonyl (C=O) groups is 1. The molecule has 25 heavy (non-hydrogen) atoms. The molecular formula is C21H17FO3. The number of carboxylic acids is 1. The van der Waals surface area contributed by atoms with Crippen LogP contribution in [0.4, 0.5) is 4.39 Å². The van der Waals surface area contributed by atoms with Gasteiger partial charge in [0.2, 0.25) is 0 Å². The van der Waals surface area contributed by atoms with Gasteiger partial charge in [-0.15, -0.1) is 0 Å². The van der Waals surface area contributed by atoms with Crippen molar-refractivity contribution in [1.82, 2.24) is 0 Å². The first-order chi connectivity index (χ1) is 12.0. The van der Waals surface area contributed by atoms with Gasteiger partial charge in [0, 0.05) is 0 Å². The van der Waals surface area contributed by atoms with Crippen LogP contribution < -0.4 is 4.74 Å². The molecule has 0 aliphatic rings. The fraction of sp³-hybridized carbons (Fsp3) is 0.0952. The Morgan fingerprint density at radius 2 is 1.80 bits per heavy atom. The number of halogens is 1. The van der Waals surface area contributed by atoms with E-state index in [1.165, 1.54) is 12.1 Å². The molecule has 0 aliphatic carbocycles. The first kappa shape index (κ1) is 16.7. The molecule has 1 N–H and O–H groups in total. The van der Waals surface area contributed by atoms with E-state index >= 15 is 0 Å². The second-order valence-electron chi connectivity index (χ2n) is 5.75. The predicted octanol–water partition coefficient (Wildman–Crippen LogP) is 5.08. The monoisotopic (exact) mass is 336 g/mol. The highest BCUT2D eigenvalue weighted by molar-refractivity contribution is 5.90. The molecule has 3 aromatic rings. The van der Waals surface area contributed by atoms with Gasteiger partial charge in [-0.25, -0.2) is 9.18 Å². The second-order valence-corrected chi connectivity index (χ2v) is 5.75. The largest absolute Gasteiger partial charge is 0.489 e. The topological polar surface area (TPSA) is 46.5 Å². The Balaban J connectivity index is 1.89. The molecule has 0 fully saturated rings. The van der Waals surface area contributed by atoms with E-state index in [1.54, 1.807) is 6.92 Å². The lowest BCUT2D eigenvalue weighted by molar-refractivity contribution is 0.0692. The van der Waals surface area contributed by atoms with Crippen LogP contribution in [0.5, 0.6) is 5.75 Å². The van der Waals surface area contributed by atoms with Crippen molar-refractivity contribution in [2.24, 2.45) is 0 Å². The Bertz CT molecular complexity index is 904. The van der Waals surface area contributed by atoms with Crippen LogP contribution in [0.25, 0.3) is 11.1 Å². The number of benzene rings is 3.